The van der Waals surface area contributed by atoms with E-state index < -0.39 is 0 Å². The second-order valence-electron chi connectivity index (χ2n) is 2.94. The fourth-order valence-electron chi connectivity index (χ4n) is 0.992. The molecule has 0 aromatic carbocycles. The number of nitrogens with two attached hydrogens (primary N) is 1. The molecule has 14 heavy (non-hydrogen) atoms. The molecule has 1 heterocycles. The third-order valence-corrected chi connectivity index (χ3v) is 1.72. The molecule has 6 heteroatoms. The summed E-state index contributed by atoms with van der Waals surface area (Å²) < 4.78 is 0. The van der Waals surface area contributed by atoms with Crippen LogP contribution >= 0.6 is 11.6 Å². The van der Waals surface area contributed by atoms with E-state index in [1.54, 1.807) is 0 Å². The molecule has 3 N–H and O–H groups in total. The van der Waals surface area contributed by atoms with Crippen LogP contribution in [0.4, 0.5) is 5.82 Å². The fourth-order valence-corrected chi connectivity index (χ4v) is 1.09. The van der Waals surface area contributed by atoms with Crippen LogP contribution in [0, 0.1) is 0 Å². The van der Waals surface area contributed by atoms with Crippen LogP contribution in [0.5, 0.6) is 0 Å². The monoisotopic (exact) mass is 214 g/mol. The van der Waals surface area contributed by atoms with Crippen molar-refractivity contribution in [3.63, 3.8) is 0 Å². The van der Waals surface area contributed by atoms with Gasteiger partial charge in [-0.2, -0.15) is 0 Å². The van der Waals surface area contributed by atoms with Crippen molar-refractivity contribution in [3.05, 3.63) is 17.5 Å². The van der Waals surface area contributed by atoms with E-state index in [-0.39, 0.29) is 18.4 Å². The summed E-state index contributed by atoms with van der Waals surface area (Å²) in [7, 11) is 0. The van der Waals surface area contributed by atoms with Crippen molar-refractivity contribution in [2.45, 2.75) is 19.4 Å². The number of aromatic nitrogens is 2. The van der Waals surface area contributed by atoms with Gasteiger partial charge >= 0.3 is 0 Å². The van der Waals surface area contributed by atoms with Crippen LogP contribution in [-0.2, 0) is 4.79 Å². The number of nitrogens with one attached hydrogen (secondary N) is 1. The molecule has 0 spiro atoms. The normalized spacial score (nSPS) is 12.1. The lowest BCUT2D eigenvalue weighted by atomic mass is 10.2. The summed E-state index contributed by atoms with van der Waals surface area (Å²) in [4.78, 5) is 18.4. The van der Waals surface area contributed by atoms with Crippen LogP contribution in [0.15, 0.2) is 12.4 Å². The Hall–Kier alpha value is -1.36. The second kappa shape index (κ2) is 4.76. The number of hydrogen-bond donors (Lipinski definition) is 2. The number of carbonyl (C=O) groups excluding carboxylic acids is 1. The zero-order valence-corrected chi connectivity index (χ0v) is 8.45. The zero-order valence-electron chi connectivity index (χ0n) is 7.70. The minimum atomic E-state index is -0.355. The maximum absolute atomic E-state index is 10.6. The van der Waals surface area contributed by atoms with Gasteiger partial charge in [-0.1, -0.05) is 11.6 Å². The van der Waals surface area contributed by atoms with Gasteiger partial charge in [-0.25, -0.2) is 9.97 Å². The third kappa shape index (κ3) is 3.57. The number of amides is 1. The number of nitrogens with zero attached hydrogens (tertiary/aromatic N) is 2. The first-order valence-corrected chi connectivity index (χ1v) is 4.48. The van der Waals surface area contributed by atoms with Gasteiger partial charge in [0, 0.05) is 12.5 Å². The fraction of sp³-hybridized carbons (Fsp3) is 0.375. The van der Waals surface area contributed by atoms with Crippen molar-refractivity contribution in [1.29, 1.82) is 0 Å². The first kappa shape index (κ1) is 10.7. The van der Waals surface area contributed by atoms with E-state index in [1.807, 2.05) is 6.92 Å². The molecule has 76 valence electrons. The number of primary amides is 1. The van der Waals surface area contributed by atoms with E-state index in [2.05, 4.69) is 15.3 Å². The number of anilines is 1. The van der Waals surface area contributed by atoms with Gasteiger partial charge in [0.05, 0.1) is 12.4 Å². The van der Waals surface area contributed by atoms with Crippen molar-refractivity contribution in [1.82, 2.24) is 9.97 Å². The average Bonchev–Trinajstić information content (AvgIpc) is 2.07. The van der Waals surface area contributed by atoms with E-state index >= 15 is 0 Å². The molecular formula is C8H11ClN4O. The zero-order chi connectivity index (χ0) is 10.6. The van der Waals surface area contributed by atoms with Gasteiger partial charge < -0.3 is 11.1 Å². The number of rotatable bonds is 4. The Balaban J connectivity index is 2.51. The molecule has 0 fully saturated rings. The van der Waals surface area contributed by atoms with E-state index in [0.717, 1.165) is 0 Å². The molecule has 1 amide bonds. The van der Waals surface area contributed by atoms with Gasteiger partial charge in [-0.05, 0) is 6.92 Å². The lowest BCUT2D eigenvalue weighted by Crippen LogP contribution is -2.24. The van der Waals surface area contributed by atoms with Crippen LogP contribution in [-0.4, -0.2) is 21.9 Å². The SMILES string of the molecule is CC(CC(N)=O)Nc1cnc(Cl)cn1. The number of halogens is 1. The van der Waals surface area contributed by atoms with E-state index in [4.69, 9.17) is 17.3 Å². The standard InChI is InChI=1S/C8H11ClN4O/c1-5(2-7(10)14)13-8-4-11-6(9)3-12-8/h3-5H,2H2,1H3,(H2,10,14)(H,12,13). The van der Waals surface area contributed by atoms with Gasteiger partial charge in [0.2, 0.25) is 5.91 Å². The van der Waals surface area contributed by atoms with Crippen molar-refractivity contribution >= 4 is 23.3 Å². The lowest BCUT2D eigenvalue weighted by Gasteiger charge is -2.11. The summed E-state index contributed by atoms with van der Waals surface area (Å²) in [6.07, 6.45) is 3.19. The van der Waals surface area contributed by atoms with Gasteiger partial charge in [0.15, 0.2) is 0 Å². The van der Waals surface area contributed by atoms with Gasteiger partial charge in [0.1, 0.15) is 11.0 Å². The highest BCUT2D eigenvalue weighted by molar-refractivity contribution is 6.29. The van der Waals surface area contributed by atoms with Crippen molar-refractivity contribution in [3.8, 4) is 0 Å². The van der Waals surface area contributed by atoms with Crippen LogP contribution in [0.1, 0.15) is 13.3 Å². The minimum absolute atomic E-state index is 0.0667. The Morgan fingerprint density at radius 1 is 1.64 bits per heavy atom. The summed E-state index contributed by atoms with van der Waals surface area (Å²) in [6, 6.07) is -0.0667. The van der Waals surface area contributed by atoms with Gasteiger partial charge in [-0.15, -0.1) is 0 Å². The molecule has 0 aliphatic heterocycles. The molecule has 0 aliphatic rings. The van der Waals surface area contributed by atoms with Crippen LogP contribution in [0.2, 0.25) is 5.15 Å². The third-order valence-electron chi connectivity index (χ3n) is 1.52. The Morgan fingerprint density at radius 2 is 2.36 bits per heavy atom. The smallest absolute Gasteiger partial charge is 0.219 e. The molecule has 0 aliphatic carbocycles. The molecule has 0 radical (unpaired) electrons. The maximum Gasteiger partial charge on any atom is 0.219 e. The summed E-state index contributed by atoms with van der Waals surface area (Å²) in [5.74, 6) is 0.218. The predicted molar refractivity (Wildman–Crippen MR) is 53.9 cm³/mol. The summed E-state index contributed by atoms with van der Waals surface area (Å²) in [5.41, 5.74) is 5.04. The first-order valence-electron chi connectivity index (χ1n) is 4.10. The van der Waals surface area contributed by atoms with Crippen LogP contribution in [0.25, 0.3) is 0 Å². The molecule has 1 aromatic rings. The molecule has 1 rings (SSSR count). The molecule has 0 saturated carbocycles. The van der Waals surface area contributed by atoms with Crippen molar-refractivity contribution in [2.75, 3.05) is 5.32 Å². The molecule has 1 aromatic heterocycles. The molecule has 1 atom stereocenters. The van der Waals surface area contributed by atoms with Gasteiger partial charge in [0.25, 0.3) is 0 Å². The Bertz CT molecular complexity index is 314. The Kier molecular flexibility index (Phi) is 3.64. The van der Waals surface area contributed by atoms with Crippen molar-refractivity contribution < 1.29 is 4.79 Å². The summed E-state index contributed by atoms with van der Waals surface area (Å²) in [5, 5.41) is 3.30. The van der Waals surface area contributed by atoms with E-state index in [0.29, 0.717) is 11.0 Å². The molecule has 5 nitrogen and oxygen atoms in total. The predicted octanol–water partition coefficient (Wildman–Crippen LogP) is 0.806. The van der Waals surface area contributed by atoms with E-state index in [9.17, 15) is 4.79 Å². The first-order chi connectivity index (χ1) is 6.58. The summed E-state index contributed by atoms with van der Waals surface area (Å²) in [6.45, 7) is 1.83. The highest BCUT2D eigenvalue weighted by Gasteiger charge is 2.06. The molecular weight excluding hydrogens is 204 g/mol. The largest absolute Gasteiger partial charge is 0.370 e. The molecule has 0 bridgehead atoms. The number of carbonyl (C=O) groups is 1. The maximum atomic E-state index is 10.6. The minimum Gasteiger partial charge on any atom is -0.370 e. The van der Waals surface area contributed by atoms with Crippen LogP contribution < -0.4 is 11.1 Å². The highest BCUT2D eigenvalue weighted by Crippen LogP contribution is 2.07. The average molecular weight is 215 g/mol. The highest BCUT2D eigenvalue weighted by atomic mass is 35.5. The topological polar surface area (TPSA) is 80.9 Å². The Labute approximate surface area is 86.7 Å². The number of hydrogen-bond acceptors (Lipinski definition) is 4. The van der Waals surface area contributed by atoms with E-state index in [1.165, 1.54) is 12.4 Å². The van der Waals surface area contributed by atoms with Crippen molar-refractivity contribution in [2.24, 2.45) is 5.73 Å². The van der Waals surface area contributed by atoms with Crippen LogP contribution in [0.3, 0.4) is 0 Å². The van der Waals surface area contributed by atoms with Gasteiger partial charge in [-0.3, -0.25) is 4.79 Å². The second-order valence-corrected chi connectivity index (χ2v) is 3.33. The summed E-state index contributed by atoms with van der Waals surface area (Å²) >= 11 is 5.56. The quantitative estimate of drug-likeness (QED) is 0.777. The molecule has 1 unspecified atom stereocenters. The lowest BCUT2D eigenvalue weighted by molar-refractivity contribution is -0.118. The Morgan fingerprint density at radius 3 is 2.86 bits per heavy atom. The molecule has 0 saturated heterocycles.